The summed E-state index contributed by atoms with van der Waals surface area (Å²) in [5, 5.41) is 5.99. The lowest BCUT2D eigenvalue weighted by atomic mass is 10.1. The lowest BCUT2D eigenvalue weighted by Crippen LogP contribution is -2.29. The van der Waals surface area contributed by atoms with Crippen LogP contribution in [0.15, 0.2) is 36.5 Å². The third kappa shape index (κ3) is 5.65. The number of carbonyl (C=O) groups excluding carboxylic acids is 1. The van der Waals surface area contributed by atoms with E-state index in [4.69, 9.17) is 4.74 Å². The van der Waals surface area contributed by atoms with Crippen molar-refractivity contribution in [2.75, 3.05) is 48.9 Å². The minimum atomic E-state index is -0.247. The summed E-state index contributed by atoms with van der Waals surface area (Å²) < 4.78 is 5.01. The Hall–Kier alpha value is -2.67. The number of rotatable bonds is 8. The van der Waals surface area contributed by atoms with Crippen LogP contribution in [0.2, 0.25) is 0 Å². The Morgan fingerprint density at radius 3 is 2.67 bits per heavy atom. The Kier molecular flexibility index (Phi) is 6.98. The van der Waals surface area contributed by atoms with Crippen molar-refractivity contribution in [1.29, 1.82) is 0 Å². The minimum absolute atomic E-state index is 0.247. The molecule has 0 saturated carbocycles. The Morgan fingerprint density at radius 1 is 1.15 bits per heavy atom. The summed E-state index contributed by atoms with van der Waals surface area (Å²) in [6, 6.07) is 9.60. The van der Waals surface area contributed by atoms with Gasteiger partial charge in [0, 0.05) is 50.9 Å². The van der Waals surface area contributed by atoms with Gasteiger partial charge < -0.3 is 20.3 Å². The number of nitrogens with zero attached hydrogens (tertiary/aromatic N) is 3. The van der Waals surface area contributed by atoms with Crippen LogP contribution in [-0.2, 0) is 4.74 Å². The van der Waals surface area contributed by atoms with E-state index in [1.54, 1.807) is 19.4 Å². The van der Waals surface area contributed by atoms with Crippen molar-refractivity contribution in [3.8, 4) is 0 Å². The number of methoxy groups -OCH3 is 1. The first-order valence-corrected chi connectivity index (χ1v) is 9.48. The number of nitrogens with one attached hydrogen (secondary N) is 2. The molecule has 0 aliphatic carbocycles. The standard InChI is InChI=1S/C20H27N5O2/c1-27-15-5-11-21-20-22-12-10-18(24-20)19(26)23-16-6-8-17(9-7-16)25-13-3-2-4-14-25/h6-10,12H,2-5,11,13-15H2,1H3,(H,23,26)(H,21,22,24). The van der Waals surface area contributed by atoms with Crippen LogP contribution in [0.4, 0.5) is 17.3 Å². The van der Waals surface area contributed by atoms with E-state index in [2.05, 4.69) is 37.6 Å². The maximum atomic E-state index is 12.5. The van der Waals surface area contributed by atoms with Gasteiger partial charge in [-0.05, 0) is 56.0 Å². The Balaban J connectivity index is 1.56. The average Bonchev–Trinajstić information content (AvgIpc) is 2.73. The Labute approximate surface area is 160 Å². The molecular weight excluding hydrogens is 342 g/mol. The number of piperidine rings is 1. The van der Waals surface area contributed by atoms with Crippen molar-refractivity contribution >= 4 is 23.2 Å². The van der Waals surface area contributed by atoms with Gasteiger partial charge in [0.1, 0.15) is 5.69 Å². The Bertz CT molecular complexity index is 729. The predicted molar refractivity (Wildman–Crippen MR) is 107 cm³/mol. The fourth-order valence-electron chi connectivity index (χ4n) is 3.09. The molecule has 2 aromatic rings. The summed E-state index contributed by atoms with van der Waals surface area (Å²) in [5.74, 6) is 0.197. The number of amides is 1. The van der Waals surface area contributed by atoms with Crippen molar-refractivity contribution < 1.29 is 9.53 Å². The van der Waals surface area contributed by atoms with Crippen LogP contribution in [0.1, 0.15) is 36.2 Å². The van der Waals surface area contributed by atoms with Crippen LogP contribution < -0.4 is 15.5 Å². The van der Waals surface area contributed by atoms with E-state index in [1.165, 1.54) is 24.9 Å². The van der Waals surface area contributed by atoms with E-state index in [9.17, 15) is 4.79 Å². The third-order valence-electron chi connectivity index (χ3n) is 4.54. The van der Waals surface area contributed by atoms with Gasteiger partial charge in [0.05, 0.1) is 0 Å². The number of anilines is 3. The van der Waals surface area contributed by atoms with Gasteiger partial charge in [0.2, 0.25) is 5.95 Å². The second-order valence-electron chi connectivity index (χ2n) is 6.59. The molecule has 1 saturated heterocycles. The van der Waals surface area contributed by atoms with E-state index in [0.717, 1.165) is 25.2 Å². The summed E-state index contributed by atoms with van der Waals surface area (Å²) in [6.07, 6.45) is 6.23. The van der Waals surface area contributed by atoms with Gasteiger partial charge in [0.25, 0.3) is 5.91 Å². The number of aromatic nitrogens is 2. The zero-order valence-electron chi connectivity index (χ0n) is 15.8. The van der Waals surface area contributed by atoms with Crippen LogP contribution >= 0.6 is 0 Å². The molecule has 1 aromatic heterocycles. The molecule has 2 N–H and O–H groups in total. The molecule has 0 unspecified atom stereocenters. The molecule has 27 heavy (non-hydrogen) atoms. The summed E-state index contributed by atoms with van der Waals surface area (Å²) in [5.41, 5.74) is 2.30. The van der Waals surface area contributed by atoms with Crippen LogP contribution in [-0.4, -0.2) is 49.2 Å². The summed E-state index contributed by atoms with van der Waals surface area (Å²) in [4.78, 5) is 23.3. The smallest absolute Gasteiger partial charge is 0.274 e. The molecule has 1 aromatic carbocycles. The minimum Gasteiger partial charge on any atom is -0.385 e. The highest BCUT2D eigenvalue weighted by Crippen LogP contribution is 2.22. The van der Waals surface area contributed by atoms with Gasteiger partial charge in [-0.2, -0.15) is 0 Å². The van der Waals surface area contributed by atoms with Crippen molar-refractivity contribution in [3.05, 3.63) is 42.2 Å². The highest BCUT2D eigenvalue weighted by molar-refractivity contribution is 6.03. The van der Waals surface area contributed by atoms with E-state index >= 15 is 0 Å². The second kappa shape index (κ2) is 9.87. The molecule has 0 bridgehead atoms. The van der Waals surface area contributed by atoms with Crippen molar-refractivity contribution in [2.45, 2.75) is 25.7 Å². The van der Waals surface area contributed by atoms with Crippen LogP contribution in [0.5, 0.6) is 0 Å². The summed E-state index contributed by atoms with van der Waals surface area (Å²) >= 11 is 0. The van der Waals surface area contributed by atoms with Crippen LogP contribution in [0.3, 0.4) is 0 Å². The van der Waals surface area contributed by atoms with Crippen molar-refractivity contribution in [1.82, 2.24) is 9.97 Å². The van der Waals surface area contributed by atoms with E-state index in [-0.39, 0.29) is 5.91 Å². The number of ether oxygens (including phenoxy) is 1. The first-order chi connectivity index (χ1) is 13.3. The van der Waals surface area contributed by atoms with Gasteiger partial charge in [-0.15, -0.1) is 0 Å². The molecule has 1 aliphatic heterocycles. The zero-order chi connectivity index (χ0) is 18.9. The highest BCUT2D eigenvalue weighted by atomic mass is 16.5. The van der Waals surface area contributed by atoms with Crippen molar-refractivity contribution in [2.24, 2.45) is 0 Å². The topological polar surface area (TPSA) is 79.4 Å². The predicted octanol–water partition coefficient (Wildman–Crippen LogP) is 3.17. The van der Waals surface area contributed by atoms with Crippen LogP contribution in [0, 0.1) is 0 Å². The van der Waals surface area contributed by atoms with Gasteiger partial charge >= 0.3 is 0 Å². The monoisotopic (exact) mass is 369 g/mol. The summed E-state index contributed by atoms with van der Waals surface area (Å²) in [7, 11) is 1.67. The maximum absolute atomic E-state index is 12.5. The Morgan fingerprint density at radius 2 is 1.93 bits per heavy atom. The lowest BCUT2D eigenvalue weighted by molar-refractivity contribution is 0.102. The molecule has 2 heterocycles. The first-order valence-electron chi connectivity index (χ1n) is 9.48. The van der Waals surface area contributed by atoms with E-state index in [0.29, 0.717) is 24.8 Å². The SMILES string of the molecule is COCCCNc1nccc(C(=O)Nc2ccc(N3CCCCC3)cc2)n1. The lowest BCUT2D eigenvalue weighted by Gasteiger charge is -2.28. The molecule has 0 spiro atoms. The molecule has 7 heteroatoms. The largest absolute Gasteiger partial charge is 0.385 e. The molecule has 3 rings (SSSR count). The number of benzene rings is 1. The second-order valence-corrected chi connectivity index (χ2v) is 6.59. The molecule has 1 aliphatic rings. The van der Waals surface area contributed by atoms with E-state index < -0.39 is 0 Å². The number of hydrogen-bond acceptors (Lipinski definition) is 6. The molecule has 1 amide bonds. The quantitative estimate of drug-likeness (QED) is 0.696. The zero-order valence-corrected chi connectivity index (χ0v) is 15.8. The highest BCUT2D eigenvalue weighted by Gasteiger charge is 2.12. The van der Waals surface area contributed by atoms with Gasteiger partial charge in [0.15, 0.2) is 0 Å². The fourth-order valence-corrected chi connectivity index (χ4v) is 3.09. The van der Waals surface area contributed by atoms with Gasteiger partial charge in [-0.3, -0.25) is 4.79 Å². The normalized spacial score (nSPS) is 14.0. The van der Waals surface area contributed by atoms with Gasteiger partial charge in [-0.1, -0.05) is 0 Å². The van der Waals surface area contributed by atoms with Gasteiger partial charge in [-0.25, -0.2) is 9.97 Å². The number of hydrogen-bond donors (Lipinski definition) is 2. The van der Waals surface area contributed by atoms with Crippen LogP contribution in [0.25, 0.3) is 0 Å². The first kappa shape index (κ1) is 19.1. The third-order valence-corrected chi connectivity index (χ3v) is 4.54. The number of carbonyl (C=O) groups is 1. The van der Waals surface area contributed by atoms with E-state index in [1.807, 2.05) is 12.1 Å². The molecule has 0 radical (unpaired) electrons. The molecule has 0 atom stereocenters. The fraction of sp³-hybridized carbons (Fsp3) is 0.450. The summed E-state index contributed by atoms with van der Waals surface area (Å²) in [6.45, 7) is 3.57. The average molecular weight is 369 g/mol. The van der Waals surface area contributed by atoms with Crippen molar-refractivity contribution in [3.63, 3.8) is 0 Å². The molecule has 7 nitrogen and oxygen atoms in total. The molecule has 1 fully saturated rings. The molecular formula is C20H27N5O2. The molecule has 144 valence electrons. The maximum Gasteiger partial charge on any atom is 0.274 e.